The molecule has 0 fully saturated rings. The lowest BCUT2D eigenvalue weighted by Gasteiger charge is -2.17. The fraction of sp³-hybridized carbons (Fsp3) is 0.300. The summed E-state index contributed by atoms with van der Waals surface area (Å²) in [4.78, 5) is 11.8. The van der Waals surface area contributed by atoms with Gasteiger partial charge in [-0.2, -0.15) is 0 Å². The molecular weight excluding hydrogens is 370 g/mol. The van der Waals surface area contributed by atoms with Crippen LogP contribution in [0.3, 0.4) is 0 Å². The first-order valence-corrected chi connectivity index (χ1v) is 9.15. The van der Waals surface area contributed by atoms with E-state index >= 15 is 0 Å². The zero-order chi connectivity index (χ0) is 19.2. The number of benzene rings is 2. The maximum atomic E-state index is 13.8. The lowest BCUT2D eigenvalue weighted by molar-refractivity contribution is -0.142. The Morgan fingerprint density at radius 3 is 2.74 bits per heavy atom. The minimum absolute atomic E-state index is 0.0169. The van der Waals surface area contributed by atoms with Gasteiger partial charge >= 0.3 is 5.97 Å². The van der Waals surface area contributed by atoms with E-state index in [-0.39, 0.29) is 36.7 Å². The van der Waals surface area contributed by atoms with Gasteiger partial charge in [-0.3, -0.25) is 4.79 Å². The molecule has 4 nitrogen and oxygen atoms in total. The summed E-state index contributed by atoms with van der Waals surface area (Å²) >= 11 is 5.26. The quantitative estimate of drug-likeness (QED) is 0.451. The van der Waals surface area contributed by atoms with Crippen LogP contribution in [0.2, 0.25) is 0 Å². The lowest BCUT2D eigenvalue weighted by atomic mass is 10.1. The summed E-state index contributed by atoms with van der Waals surface area (Å²) in [5, 5.41) is 6.59. The van der Waals surface area contributed by atoms with Crippen LogP contribution in [0.4, 0.5) is 8.78 Å². The molecule has 1 unspecified atom stereocenters. The molecule has 27 heavy (non-hydrogen) atoms. The number of halogens is 2. The summed E-state index contributed by atoms with van der Waals surface area (Å²) in [7, 11) is 0. The van der Waals surface area contributed by atoms with Crippen molar-refractivity contribution in [1.29, 1.82) is 0 Å². The van der Waals surface area contributed by atoms with Crippen LogP contribution in [0, 0.1) is 11.6 Å². The summed E-state index contributed by atoms with van der Waals surface area (Å²) in [6.07, 6.45) is 1.56. The van der Waals surface area contributed by atoms with Crippen molar-refractivity contribution in [2.45, 2.75) is 25.3 Å². The molecule has 0 saturated carbocycles. The first-order chi connectivity index (χ1) is 13.0. The summed E-state index contributed by atoms with van der Waals surface area (Å²) in [6, 6.07) is 10.8. The van der Waals surface area contributed by atoms with Gasteiger partial charge in [0, 0.05) is 0 Å². The molecule has 3 rings (SSSR count). The molecule has 142 valence electrons. The zero-order valence-corrected chi connectivity index (χ0v) is 15.5. The number of carbonyl (C=O) groups excluding carboxylic acids is 1. The largest absolute Gasteiger partial charge is 0.464 e. The topological polar surface area (TPSA) is 50.4 Å². The van der Waals surface area contributed by atoms with Gasteiger partial charge in [-0.1, -0.05) is 24.3 Å². The Bertz CT molecular complexity index is 827. The molecule has 2 aromatic carbocycles. The molecule has 0 amide bonds. The first-order valence-electron chi connectivity index (χ1n) is 8.74. The molecule has 1 aliphatic carbocycles. The fourth-order valence-electron chi connectivity index (χ4n) is 3.12. The molecule has 0 aliphatic heterocycles. The second-order valence-electron chi connectivity index (χ2n) is 6.32. The van der Waals surface area contributed by atoms with Crippen molar-refractivity contribution < 1.29 is 18.3 Å². The van der Waals surface area contributed by atoms with Gasteiger partial charge in [0.1, 0.15) is 18.2 Å². The summed E-state index contributed by atoms with van der Waals surface area (Å²) in [6.45, 7) is 0.529. The van der Waals surface area contributed by atoms with Crippen molar-refractivity contribution in [1.82, 2.24) is 10.6 Å². The minimum Gasteiger partial charge on any atom is -0.464 e. The van der Waals surface area contributed by atoms with Gasteiger partial charge < -0.3 is 15.4 Å². The Labute approximate surface area is 161 Å². The summed E-state index contributed by atoms with van der Waals surface area (Å²) < 4.78 is 31.7. The highest BCUT2D eigenvalue weighted by Crippen LogP contribution is 2.32. The van der Waals surface area contributed by atoms with Crippen LogP contribution in [0.15, 0.2) is 42.5 Å². The highest BCUT2D eigenvalue weighted by Gasteiger charge is 2.25. The molecule has 0 aromatic heterocycles. The van der Waals surface area contributed by atoms with E-state index in [4.69, 9.17) is 17.0 Å². The van der Waals surface area contributed by atoms with E-state index in [9.17, 15) is 13.6 Å². The number of hydrogen-bond donors (Lipinski definition) is 2. The molecule has 1 atom stereocenters. The number of thiocarbonyl (C=S) groups is 1. The van der Waals surface area contributed by atoms with E-state index in [1.807, 2.05) is 6.07 Å². The van der Waals surface area contributed by atoms with Crippen molar-refractivity contribution in [3.05, 3.63) is 70.8 Å². The molecule has 0 spiro atoms. The van der Waals surface area contributed by atoms with Gasteiger partial charge in [0.25, 0.3) is 0 Å². The molecule has 1 aliphatic rings. The van der Waals surface area contributed by atoms with Gasteiger partial charge in [-0.25, -0.2) is 8.78 Å². The SMILES string of the molecule is O=C(Cc1ccc(F)cc1)OCCNC(=S)NC1CCc2c(F)cccc21. The van der Waals surface area contributed by atoms with Crippen LogP contribution in [0.5, 0.6) is 0 Å². The van der Waals surface area contributed by atoms with E-state index in [1.54, 1.807) is 18.2 Å². The van der Waals surface area contributed by atoms with Gasteiger partial charge in [0.05, 0.1) is 19.0 Å². The summed E-state index contributed by atoms with van der Waals surface area (Å²) in [5.41, 5.74) is 2.37. The van der Waals surface area contributed by atoms with E-state index in [1.165, 1.54) is 18.2 Å². The number of rotatable bonds is 6. The maximum absolute atomic E-state index is 13.8. The van der Waals surface area contributed by atoms with Crippen molar-refractivity contribution in [3.8, 4) is 0 Å². The van der Waals surface area contributed by atoms with Gasteiger partial charge in [0.15, 0.2) is 5.11 Å². The van der Waals surface area contributed by atoms with Gasteiger partial charge in [0.2, 0.25) is 0 Å². The Morgan fingerprint density at radius 1 is 1.19 bits per heavy atom. The second-order valence-corrected chi connectivity index (χ2v) is 6.73. The normalized spacial score (nSPS) is 15.1. The predicted octanol–water partition coefficient (Wildman–Crippen LogP) is 3.20. The monoisotopic (exact) mass is 390 g/mol. The molecule has 0 heterocycles. The zero-order valence-electron chi connectivity index (χ0n) is 14.6. The average molecular weight is 390 g/mol. The van der Waals surface area contributed by atoms with E-state index in [0.29, 0.717) is 23.6 Å². The lowest BCUT2D eigenvalue weighted by Crippen LogP contribution is -2.38. The molecule has 7 heteroatoms. The fourth-order valence-corrected chi connectivity index (χ4v) is 3.36. The number of hydrogen-bond acceptors (Lipinski definition) is 3. The van der Waals surface area contributed by atoms with E-state index in [0.717, 1.165) is 17.5 Å². The highest BCUT2D eigenvalue weighted by atomic mass is 32.1. The van der Waals surface area contributed by atoms with Crippen molar-refractivity contribution in [2.75, 3.05) is 13.2 Å². The van der Waals surface area contributed by atoms with Crippen molar-refractivity contribution >= 4 is 23.3 Å². The van der Waals surface area contributed by atoms with Crippen LogP contribution in [-0.2, 0) is 22.4 Å². The standard InChI is InChI=1S/C20H20F2N2O2S/c21-14-6-4-13(5-7-14)12-19(25)26-11-10-23-20(27)24-18-9-8-15-16(18)2-1-3-17(15)22/h1-7,18H,8-12H2,(H2,23,24,27). The summed E-state index contributed by atoms with van der Waals surface area (Å²) in [5.74, 6) is -0.906. The Morgan fingerprint density at radius 2 is 1.96 bits per heavy atom. The van der Waals surface area contributed by atoms with Crippen molar-refractivity contribution in [3.63, 3.8) is 0 Å². The molecule has 2 aromatic rings. The second kappa shape index (κ2) is 8.90. The third-order valence-electron chi connectivity index (χ3n) is 4.43. The number of ether oxygens (including phenoxy) is 1. The molecule has 0 saturated heterocycles. The van der Waals surface area contributed by atoms with Crippen LogP contribution >= 0.6 is 12.2 Å². The molecule has 2 N–H and O–H groups in total. The van der Waals surface area contributed by atoms with E-state index in [2.05, 4.69) is 10.6 Å². The van der Waals surface area contributed by atoms with E-state index < -0.39 is 0 Å². The number of nitrogens with one attached hydrogen (secondary N) is 2. The third-order valence-corrected chi connectivity index (χ3v) is 4.69. The third kappa shape index (κ3) is 5.23. The smallest absolute Gasteiger partial charge is 0.310 e. The number of esters is 1. The van der Waals surface area contributed by atoms with Crippen LogP contribution in [0.1, 0.15) is 29.2 Å². The van der Waals surface area contributed by atoms with Crippen molar-refractivity contribution in [2.24, 2.45) is 0 Å². The maximum Gasteiger partial charge on any atom is 0.310 e. The van der Waals surface area contributed by atoms with Gasteiger partial charge in [-0.15, -0.1) is 0 Å². The highest BCUT2D eigenvalue weighted by molar-refractivity contribution is 7.80. The molecule has 0 radical (unpaired) electrons. The Hall–Kier alpha value is -2.54. The number of fused-ring (bicyclic) bond motifs is 1. The molecular formula is C20H20F2N2O2S. The Kier molecular flexibility index (Phi) is 6.34. The van der Waals surface area contributed by atoms with Crippen LogP contribution in [-0.4, -0.2) is 24.2 Å². The first kappa shape index (κ1) is 19.2. The number of carbonyl (C=O) groups is 1. The predicted molar refractivity (Wildman–Crippen MR) is 102 cm³/mol. The molecule has 0 bridgehead atoms. The van der Waals surface area contributed by atoms with Crippen LogP contribution < -0.4 is 10.6 Å². The Balaban J connectivity index is 1.36. The average Bonchev–Trinajstić information content (AvgIpc) is 3.05. The van der Waals surface area contributed by atoms with Gasteiger partial charge in [-0.05, 0) is 59.9 Å². The minimum atomic E-state index is -0.387. The van der Waals surface area contributed by atoms with Crippen LogP contribution in [0.25, 0.3) is 0 Å².